The normalized spacial score (nSPS) is 22.9. The van der Waals surface area contributed by atoms with E-state index >= 15 is 0 Å². The Hall–Kier alpha value is -0.650. The first-order valence-electron chi connectivity index (χ1n) is 5.48. The predicted octanol–water partition coefficient (Wildman–Crippen LogP) is -0.0992. The van der Waals surface area contributed by atoms with Crippen molar-refractivity contribution < 1.29 is 14.6 Å². The first kappa shape index (κ1) is 12.4. The number of rotatable bonds is 6. The van der Waals surface area contributed by atoms with Crippen molar-refractivity contribution in [2.75, 3.05) is 32.8 Å². The average Bonchev–Trinajstić information content (AvgIpc) is 2.24. The summed E-state index contributed by atoms with van der Waals surface area (Å²) in [5.41, 5.74) is 5.53. The van der Waals surface area contributed by atoms with Crippen LogP contribution in [0.2, 0.25) is 0 Å². The monoisotopic (exact) mass is 216 g/mol. The van der Waals surface area contributed by atoms with E-state index in [-0.39, 0.29) is 12.5 Å². The van der Waals surface area contributed by atoms with Crippen molar-refractivity contribution in [3.63, 3.8) is 0 Å². The second kappa shape index (κ2) is 6.76. The molecule has 1 atom stereocenters. The van der Waals surface area contributed by atoms with Crippen molar-refractivity contribution in [2.45, 2.75) is 25.4 Å². The van der Waals surface area contributed by atoms with Gasteiger partial charge in [-0.3, -0.25) is 9.69 Å². The van der Waals surface area contributed by atoms with E-state index in [0.29, 0.717) is 6.54 Å². The average molecular weight is 216 g/mol. The molecule has 3 N–H and O–H groups in total. The highest BCUT2D eigenvalue weighted by Gasteiger charge is 2.18. The van der Waals surface area contributed by atoms with Gasteiger partial charge in [-0.2, -0.15) is 0 Å². The van der Waals surface area contributed by atoms with Gasteiger partial charge >= 0.3 is 5.97 Å². The molecule has 1 fully saturated rings. The molecule has 0 aromatic rings. The number of morpholine rings is 1. The molecular formula is C10H20N2O3. The summed E-state index contributed by atoms with van der Waals surface area (Å²) in [6, 6.07) is 0. The first-order chi connectivity index (χ1) is 7.22. The van der Waals surface area contributed by atoms with Crippen LogP contribution in [-0.2, 0) is 9.53 Å². The predicted molar refractivity (Wildman–Crippen MR) is 56.7 cm³/mol. The highest BCUT2D eigenvalue weighted by atomic mass is 16.5. The molecule has 0 aliphatic carbocycles. The van der Waals surface area contributed by atoms with Crippen LogP contribution >= 0.6 is 0 Å². The molecule has 5 heteroatoms. The van der Waals surface area contributed by atoms with Gasteiger partial charge in [0.1, 0.15) is 0 Å². The van der Waals surface area contributed by atoms with Crippen molar-refractivity contribution in [1.82, 2.24) is 4.90 Å². The van der Waals surface area contributed by atoms with E-state index in [4.69, 9.17) is 15.6 Å². The number of carboxylic acid groups (broad SMARTS) is 1. The van der Waals surface area contributed by atoms with Crippen LogP contribution in [0.4, 0.5) is 0 Å². The molecule has 1 aliphatic rings. The number of carbonyl (C=O) groups is 1. The zero-order valence-electron chi connectivity index (χ0n) is 9.02. The Morgan fingerprint density at radius 3 is 3.00 bits per heavy atom. The summed E-state index contributed by atoms with van der Waals surface area (Å²) in [6.07, 6.45) is 2.10. The third-order valence-electron chi connectivity index (χ3n) is 2.60. The molecule has 15 heavy (non-hydrogen) atoms. The van der Waals surface area contributed by atoms with Gasteiger partial charge in [0.25, 0.3) is 0 Å². The van der Waals surface area contributed by atoms with Crippen LogP contribution in [0.25, 0.3) is 0 Å². The summed E-state index contributed by atoms with van der Waals surface area (Å²) >= 11 is 0. The smallest absolute Gasteiger partial charge is 0.303 e. The molecular weight excluding hydrogens is 196 g/mol. The van der Waals surface area contributed by atoms with Crippen LogP contribution in [0.5, 0.6) is 0 Å². The van der Waals surface area contributed by atoms with Crippen LogP contribution < -0.4 is 5.73 Å². The number of ether oxygens (including phenoxy) is 1. The van der Waals surface area contributed by atoms with Gasteiger partial charge < -0.3 is 15.6 Å². The summed E-state index contributed by atoms with van der Waals surface area (Å²) in [6.45, 7) is 4.06. The number of hydrogen-bond acceptors (Lipinski definition) is 4. The van der Waals surface area contributed by atoms with E-state index in [2.05, 4.69) is 4.90 Å². The topological polar surface area (TPSA) is 75.8 Å². The lowest BCUT2D eigenvalue weighted by Crippen LogP contribution is -2.45. The number of unbranched alkanes of at least 4 members (excludes halogenated alkanes) is 1. The fourth-order valence-electron chi connectivity index (χ4n) is 1.74. The second-order valence-electron chi connectivity index (χ2n) is 3.88. The van der Waals surface area contributed by atoms with Crippen molar-refractivity contribution in [1.29, 1.82) is 0 Å². The fourth-order valence-corrected chi connectivity index (χ4v) is 1.74. The van der Waals surface area contributed by atoms with Gasteiger partial charge in [0.15, 0.2) is 0 Å². The van der Waals surface area contributed by atoms with E-state index in [9.17, 15) is 4.79 Å². The van der Waals surface area contributed by atoms with Gasteiger partial charge in [0.2, 0.25) is 0 Å². The molecule has 0 bridgehead atoms. The molecule has 1 aliphatic heterocycles. The number of carboxylic acids is 1. The largest absolute Gasteiger partial charge is 0.481 e. The quantitative estimate of drug-likeness (QED) is 0.606. The summed E-state index contributed by atoms with van der Waals surface area (Å²) in [5.74, 6) is -0.711. The number of aliphatic carboxylic acids is 1. The maximum absolute atomic E-state index is 10.3. The number of nitrogens with two attached hydrogens (primary N) is 1. The van der Waals surface area contributed by atoms with Crippen molar-refractivity contribution in [2.24, 2.45) is 5.73 Å². The van der Waals surface area contributed by atoms with E-state index in [1.807, 2.05) is 0 Å². The highest BCUT2D eigenvalue weighted by molar-refractivity contribution is 5.66. The fraction of sp³-hybridized carbons (Fsp3) is 0.900. The van der Waals surface area contributed by atoms with Gasteiger partial charge in [0.05, 0.1) is 12.7 Å². The molecule has 0 unspecified atom stereocenters. The molecule has 0 aromatic heterocycles. The molecule has 0 saturated carbocycles. The van der Waals surface area contributed by atoms with Gasteiger partial charge in [-0.15, -0.1) is 0 Å². The van der Waals surface area contributed by atoms with Gasteiger partial charge in [-0.05, 0) is 19.4 Å². The Bertz CT molecular complexity index is 199. The first-order valence-corrected chi connectivity index (χ1v) is 5.48. The molecule has 0 spiro atoms. The molecule has 0 aromatic carbocycles. The van der Waals surface area contributed by atoms with Crippen molar-refractivity contribution in [3.05, 3.63) is 0 Å². The van der Waals surface area contributed by atoms with E-state index in [1.165, 1.54) is 0 Å². The van der Waals surface area contributed by atoms with Crippen LogP contribution in [0.1, 0.15) is 19.3 Å². The molecule has 1 saturated heterocycles. The van der Waals surface area contributed by atoms with Crippen LogP contribution in [0, 0.1) is 0 Å². The molecule has 1 heterocycles. The summed E-state index contributed by atoms with van der Waals surface area (Å²) in [5, 5.41) is 8.48. The number of nitrogens with zero attached hydrogens (tertiary/aromatic N) is 1. The van der Waals surface area contributed by atoms with E-state index in [0.717, 1.165) is 39.1 Å². The molecule has 5 nitrogen and oxygen atoms in total. The summed E-state index contributed by atoms with van der Waals surface area (Å²) < 4.78 is 5.44. The Balaban J connectivity index is 2.07. The van der Waals surface area contributed by atoms with Crippen LogP contribution in [0.3, 0.4) is 0 Å². The third kappa shape index (κ3) is 5.11. The van der Waals surface area contributed by atoms with Crippen molar-refractivity contribution in [3.8, 4) is 0 Å². The summed E-state index contributed by atoms with van der Waals surface area (Å²) in [4.78, 5) is 12.6. The van der Waals surface area contributed by atoms with E-state index < -0.39 is 5.97 Å². The SMILES string of the molecule is NC[C@@H]1CN(CCCCC(=O)O)CCO1. The van der Waals surface area contributed by atoms with Gasteiger partial charge in [0, 0.05) is 26.1 Å². The van der Waals surface area contributed by atoms with Gasteiger partial charge in [-0.1, -0.05) is 0 Å². The Labute approximate surface area is 90.2 Å². The number of hydrogen-bond donors (Lipinski definition) is 2. The molecule has 1 rings (SSSR count). The Morgan fingerprint density at radius 2 is 2.33 bits per heavy atom. The minimum Gasteiger partial charge on any atom is -0.481 e. The standard InChI is InChI=1S/C10H20N2O3/c11-7-9-8-12(5-6-15-9)4-2-1-3-10(13)14/h9H,1-8,11H2,(H,13,14)/t9-/m1/s1. The van der Waals surface area contributed by atoms with Crippen LogP contribution in [-0.4, -0.2) is 54.9 Å². The van der Waals surface area contributed by atoms with Crippen LogP contribution in [0.15, 0.2) is 0 Å². The maximum Gasteiger partial charge on any atom is 0.303 e. The second-order valence-corrected chi connectivity index (χ2v) is 3.88. The molecule has 0 amide bonds. The minimum absolute atomic E-state index is 0.151. The Morgan fingerprint density at radius 1 is 1.53 bits per heavy atom. The lowest BCUT2D eigenvalue weighted by Gasteiger charge is -2.32. The lowest BCUT2D eigenvalue weighted by molar-refractivity contribution is -0.137. The summed E-state index contributed by atoms with van der Waals surface area (Å²) in [7, 11) is 0. The van der Waals surface area contributed by atoms with Crippen molar-refractivity contribution >= 4 is 5.97 Å². The van der Waals surface area contributed by atoms with E-state index in [1.54, 1.807) is 0 Å². The lowest BCUT2D eigenvalue weighted by atomic mass is 10.2. The highest BCUT2D eigenvalue weighted by Crippen LogP contribution is 2.06. The Kier molecular flexibility index (Phi) is 5.60. The molecule has 0 radical (unpaired) electrons. The molecule has 88 valence electrons. The maximum atomic E-state index is 10.3. The zero-order chi connectivity index (χ0) is 11.1. The minimum atomic E-state index is -0.711. The van der Waals surface area contributed by atoms with Gasteiger partial charge in [-0.25, -0.2) is 0 Å². The third-order valence-corrected chi connectivity index (χ3v) is 2.60. The zero-order valence-corrected chi connectivity index (χ0v) is 9.02.